The number of carbonyl (C=O) groups is 2. The molecule has 1 aromatic heterocycles. The second-order valence-corrected chi connectivity index (χ2v) is 8.96. The molecule has 1 aromatic rings. The molecule has 0 saturated carbocycles. The number of alkyl halides is 5. The van der Waals surface area contributed by atoms with Crippen molar-refractivity contribution in [2.45, 2.75) is 31.7 Å². The maximum atomic E-state index is 13.4. The van der Waals surface area contributed by atoms with E-state index in [9.17, 15) is 31.5 Å². The van der Waals surface area contributed by atoms with Gasteiger partial charge in [0.15, 0.2) is 5.42 Å². The van der Waals surface area contributed by atoms with Gasteiger partial charge in [0, 0.05) is 42.8 Å². The highest BCUT2D eigenvalue weighted by Crippen LogP contribution is 2.28. The molecule has 1 fully saturated rings. The van der Waals surface area contributed by atoms with E-state index >= 15 is 0 Å². The van der Waals surface area contributed by atoms with Crippen molar-refractivity contribution in [3.05, 3.63) is 108 Å². The molecule has 0 spiro atoms. The van der Waals surface area contributed by atoms with E-state index in [0.29, 0.717) is 11.8 Å². The first-order valence-corrected chi connectivity index (χ1v) is 12.4. The van der Waals surface area contributed by atoms with Crippen LogP contribution in [0, 0.1) is 5.41 Å². The SMILES string of the molecule is C=CC=C(C=C)C=CC(=O)NCc1cc(=CC(=C)C(=N)C=CC(=C)C(=O)N2CCC(F)(F)CC2)c(=COC(F)(F)F)o1. The van der Waals surface area contributed by atoms with Gasteiger partial charge in [-0.05, 0) is 41.5 Å². The molecule has 0 aromatic carbocycles. The van der Waals surface area contributed by atoms with Crippen LogP contribution in [0.4, 0.5) is 22.0 Å². The maximum absolute atomic E-state index is 13.4. The molecular formula is C30H30F5N3O4. The van der Waals surface area contributed by atoms with Crippen molar-refractivity contribution < 1.29 is 40.7 Å². The lowest BCUT2D eigenvalue weighted by Crippen LogP contribution is -2.43. The molecule has 7 nitrogen and oxygen atoms in total. The zero-order valence-corrected chi connectivity index (χ0v) is 22.6. The number of amides is 2. The summed E-state index contributed by atoms with van der Waals surface area (Å²) in [6, 6.07) is 1.33. The number of carbonyl (C=O) groups excluding carboxylic acids is 2. The van der Waals surface area contributed by atoms with E-state index in [0.717, 1.165) is 0 Å². The lowest BCUT2D eigenvalue weighted by atomic mass is 10.1. The molecule has 12 heteroatoms. The van der Waals surface area contributed by atoms with Crippen LogP contribution in [0.25, 0.3) is 12.3 Å². The fourth-order valence-electron chi connectivity index (χ4n) is 3.49. The van der Waals surface area contributed by atoms with E-state index in [1.54, 1.807) is 6.08 Å². The van der Waals surface area contributed by atoms with Crippen LogP contribution in [-0.2, 0) is 20.9 Å². The molecule has 0 aliphatic carbocycles. The molecule has 224 valence electrons. The Morgan fingerprint density at radius 2 is 1.76 bits per heavy atom. The summed E-state index contributed by atoms with van der Waals surface area (Å²) in [5, 5.41) is 10.8. The first-order chi connectivity index (χ1) is 19.6. The molecule has 42 heavy (non-hydrogen) atoms. The highest BCUT2D eigenvalue weighted by atomic mass is 19.4. The number of hydrogen-bond acceptors (Lipinski definition) is 5. The minimum Gasteiger partial charge on any atom is -0.456 e. The Hall–Kier alpha value is -4.74. The Morgan fingerprint density at radius 1 is 1.10 bits per heavy atom. The summed E-state index contributed by atoms with van der Waals surface area (Å²) in [7, 11) is 0. The van der Waals surface area contributed by atoms with Gasteiger partial charge in [0.1, 0.15) is 12.0 Å². The summed E-state index contributed by atoms with van der Waals surface area (Å²) in [5.41, 5.74) is 0.0327. The van der Waals surface area contributed by atoms with Crippen molar-refractivity contribution in [1.82, 2.24) is 10.2 Å². The van der Waals surface area contributed by atoms with Gasteiger partial charge in [0.05, 0.1) is 12.3 Å². The minimum absolute atomic E-state index is 0.0241. The van der Waals surface area contributed by atoms with Crippen molar-refractivity contribution in [1.29, 1.82) is 5.41 Å². The third-order valence-corrected chi connectivity index (χ3v) is 5.74. The third-order valence-electron chi connectivity index (χ3n) is 5.74. The lowest BCUT2D eigenvalue weighted by Gasteiger charge is -2.31. The molecule has 2 heterocycles. The predicted octanol–water partition coefficient (Wildman–Crippen LogP) is 4.75. The quantitative estimate of drug-likeness (QED) is 0.159. The fraction of sp³-hybridized carbons (Fsp3) is 0.233. The maximum Gasteiger partial charge on any atom is 0.572 e. The number of ether oxygens (including phenoxy) is 1. The first-order valence-electron chi connectivity index (χ1n) is 12.4. The topological polar surface area (TPSA) is 95.6 Å². The molecule has 1 aliphatic heterocycles. The average molecular weight is 592 g/mol. The largest absolute Gasteiger partial charge is 0.572 e. The Kier molecular flexibility index (Phi) is 11.8. The Morgan fingerprint density at radius 3 is 2.36 bits per heavy atom. The summed E-state index contributed by atoms with van der Waals surface area (Å²) < 4.78 is 73.8. The molecule has 0 unspecified atom stereocenters. The number of piperidine rings is 1. The molecule has 0 bridgehead atoms. The highest BCUT2D eigenvalue weighted by molar-refractivity contribution is 6.12. The Labute approximate surface area is 239 Å². The van der Waals surface area contributed by atoms with Crippen molar-refractivity contribution in [2.75, 3.05) is 13.1 Å². The van der Waals surface area contributed by atoms with Gasteiger partial charge in [-0.1, -0.05) is 44.5 Å². The van der Waals surface area contributed by atoms with Crippen LogP contribution in [0.15, 0.2) is 96.1 Å². The molecule has 0 atom stereocenters. The zero-order valence-electron chi connectivity index (χ0n) is 22.6. The molecule has 0 radical (unpaired) electrons. The zero-order chi connectivity index (χ0) is 31.5. The Bertz CT molecular complexity index is 1450. The minimum atomic E-state index is -4.99. The number of nitrogens with zero attached hydrogens (tertiary/aromatic N) is 1. The number of nitrogens with one attached hydrogen (secondary N) is 2. The summed E-state index contributed by atoms with van der Waals surface area (Å²) in [6.07, 6.45) is 5.46. The van der Waals surface area contributed by atoms with Gasteiger partial charge >= 0.3 is 6.36 Å². The van der Waals surface area contributed by atoms with Crippen LogP contribution in [0.5, 0.6) is 0 Å². The van der Waals surface area contributed by atoms with Gasteiger partial charge < -0.3 is 24.8 Å². The predicted molar refractivity (Wildman–Crippen MR) is 149 cm³/mol. The van der Waals surface area contributed by atoms with Crippen molar-refractivity contribution >= 4 is 29.9 Å². The van der Waals surface area contributed by atoms with Crippen LogP contribution in [0.1, 0.15) is 18.6 Å². The van der Waals surface area contributed by atoms with E-state index in [1.165, 1.54) is 53.5 Å². The van der Waals surface area contributed by atoms with Crippen LogP contribution in [0.3, 0.4) is 0 Å². The van der Waals surface area contributed by atoms with E-state index < -0.39 is 36.9 Å². The molecule has 2 N–H and O–H groups in total. The van der Waals surface area contributed by atoms with E-state index in [4.69, 9.17) is 9.83 Å². The van der Waals surface area contributed by atoms with Crippen LogP contribution in [0.2, 0.25) is 0 Å². The summed E-state index contributed by atoms with van der Waals surface area (Å²) in [4.78, 5) is 25.8. The van der Waals surface area contributed by atoms with E-state index in [-0.39, 0.29) is 52.9 Å². The number of halogens is 5. The Balaban J connectivity index is 2.18. The highest BCUT2D eigenvalue weighted by Gasteiger charge is 2.35. The monoisotopic (exact) mass is 591 g/mol. The fourth-order valence-corrected chi connectivity index (χ4v) is 3.49. The smallest absolute Gasteiger partial charge is 0.456 e. The van der Waals surface area contributed by atoms with Gasteiger partial charge in [-0.25, -0.2) is 8.78 Å². The number of allylic oxidation sites excluding steroid dienone is 7. The number of furan rings is 1. The number of likely N-dealkylation sites (tertiary alicyclic amines) is 1. The van der Waals surface area contributed by atoms with Crippen LogP contribution >= 0.6 is 0 Å². The summed E-state index contributed by atoms with van der Waals surface area (Å²) >= 11 is 0. The number of rotatable bonds is 12. The molecule has 1 saturated heterocycles. The first kappa shape index (κ1) is 33.5. The van der Waals surface area contributed by atoms with Gasteiger partial charge in [-0.2, -0.15) is 0 Å². The normalized spacial score (nSPS) is 16.5. The van der Waals surface area contributed by atoms with Crippen molar-refractivity contribution in [3.63, 3.8) is 0 Å². The molecular weight excluding hydrogens is 561 g/mol. The third kappa shape index (κ3) is 11.0. The average Bonchev–Trinajstić information content (AvgIpc) is 3.31. The number of hydrogen-bond donors (Lipinski definition) is 2. The van der Waals surface area contributed by atoms with Gasteiger partial charge in [-0.15, -0.1) is 13.2 Å². The van der Waals surface area contributed by atoms with Crippen molar-refractivity contribution in [3.8, 4) is 0 Å². The molecule has 2 rings (SSSR count). The van der Waals surface area contributed by atoms with Gasteiger partial charge in [0.2, 0.25) is 5.91 Å². The van der Waals surface area contributed by atoms with E-state index in [1.807, 2.05) is 0 Å². The summed E-state index contributed by atoms with van der Waals surface area (Å²) in [5.74, 6) is -3.82. The molecule has 1 aliphatic rings. The van der Waals surface area contributed by atoms with Gasteiger partial charge in [0.25, 0.3) is 11.8 Å². The summed E-state index contributed by atoms with van der Waals surface area (Å²) in [6.45, 7) is 14.0. The van der Waals surface area contributed by atoms with Crippen LogP contribution in [-0.4, -0.2) is 47.8 Å². The van der Waals surface area contributed by atoms with E-state index in [2.05, 4.69) is 36.4 Å². The van der Waals surface area contributed by atoms with Crippen LogP contribution < -0.4 is 16.0 Å². The van der Waals surface area contributed by atoms with Crippen molar-refractivity contribution in [2.24, 2.45) is 0 Å². The van der Waals surface area contributed by atoms with Gasteiger partial charge in [-0.3, -0.25) is 9.59 Å². The second-order valence-electron chi connectivity index (χ2n) is 8.96. The second kappa shape index (κ2) is 14.8. The standard InChI is InChI=1S/C30H30F5N3O4/c1-5-7-22(6-2)9-11-27(39)37-18-24-17-23(26(42-24)19-41-30(33,34)35)16-21(4)25(36)10-8-20(3)28(40)38-14-12-29(31,32)13-15-38/h5-11,16-17,19,36H,1-4,12-15,18H2,(H,37,39). The lowest BCUT2D eigenvalue weighted by molar-refractivity contribution is -0.287. The molecule has 2 amide bonds.